The van der Waals surface area contributed by atoms with Crippen LogP contribution in [0.5, 0.6) is 0 Å². The summed E-state index contributed by atoms with van der Waals surface area (Å²) < 4.78 is 0. The van der Waals surface area contributed by atoms with E-state index in [1.165, 1.54) is 32.1 Å². The lowest BCUT2D eigenvalue weighted by molar-refractivity contribution is -0.121. The second kappa shape index (κ2) is 7.74. The summed E-state index contributed by atoms with van der Waals surface area (Å²) >= 11 is 0. The van der Waals surface area contributed by atoms with Gasteiger partial charge in [0.15, 0.2) is 0 Å². The second-order valence-electron chi connectivity index (χ2n) is 5.52. The maximum Gasteiger partial charge on any atom is 0.221 e. The van der Waals surface area contributed by atoms with Gasteiger partial charge in [-0.05, 0) is 38.6 Å². The summed E-state index contributed by atoms with van der Waals surface area (Å²) in [5, 5.41) is 2.68. The lowest BCUT2D eigenvalue weighted by Gasteiger charge is -2.38. The van der Waals surface area contributed by atoms with Gasteiger partial charge in [-0.1, -0.05) is 13.3 Å². The van der Waals surface area contributed by atoms with E-state index < -0.39 is 0 Å². The molecule has 1 amide bonds. The van der Waals surface area contributed by atoms with Gasteiger partial charge in [0.25, 0.3) is 0 Å². The van der Waals surface area contributed by atoms with E-state index in [-0.39, 0.29) is 11.9 Å². The molecule has 4 heteroatoms. The molecule has 0 bridgehead atoms. The topological polar surface area (TPSA) is 58.4 Å². The quantitative estimate of drug-likeness (QED) is 0.753. The van der Waals surface area contributed by atoms with E-state index in [1.54, 1.807) is 7.05 Å². The summed E-state index contributed by atoms with van der Waals surface area (Å²) in [5.74, 6) is 0.990. The number of nitrogens with one attached hydrogen (secondary N) is 1. The fourth-order valence-electron chi connectivity index (χ4n) is 2.97. The van der Waals surface area contributed by atoms with E-state index >= 15 is 0 Å². The van der Waals surface area contributed by atoms with Crippen LogP contribution in [0.1, 0.15) is 45.4 Å². The fourth-order valence-corrected chi connectivity index (χ4v) is 2.97. The average molecular weight is 255 g/mol. The third-order valence-corrected chi connectivity index (χ3v) is 4.52. The molecule has 0 aromatic rings. The van der Waals surface area contributed by atoms with Gasteiger partial charge in [0.1, 0.15) is 0 Å². The highest BCUT2D eigenvalue weighted by atomic mass is 16.1. The molecule has 4 nitrogen and oxygen atoms in total. The molecule has 0 heterocycles. The van der Waals surface area contributed by atoms with E-state index in [4.69, 9.17) is 5.73 Å². The third-order valence-electron chi connectivity index (χ3n) is 4.52. The zero-order valence-corrected chi connectivity index (χ0v) is 12.1. The first-order chi connectivity index (χ1) is 8.62. The Bertz CT molecular complexity index is 249. The van der Waals surface area contributed by atoms with E-state index in [2.05, 4.69) is 24.2 Å². The Morgan fingerprint density at radius 3 is 2.44 bits per heavy atom. The number of carbonyl (C=O) groups is 1. The minimum Gasteiger partial charge on any atom is -0.359 e. The number of likely N-dealkylation sites (N-methyl/N-ethyl adjacent to an activating group) is 1. The van der Waals surface area contributed by atoms with E-state index in [1.807, 2.05) is 0 Å². The van der Waals surface area contributed by atoms with Crippen LogP contribution in [0.2, 0.25) is 0 Å². The highest BCUT2D eigenvalue weighted by Crippen LogP contribution is 2.29. The Kier molecular flexibility index (Phi) is 6.65. The van der Waals surface area contributed by atoms with Crippen molar-refractivity contribution in [2.24, 2.45) is 11.7 Å². The van der Waals surface area contributed by atoms with Gasteiger partial charge in [0, 0.05) is 32.1 Å². The Morgan fingerprint density at radius 2 is 2.00 bits per heavy atom. The minimum absolute atomic E-state index is 0.0829. The molecule has 1 fully saturated rings. The SMILES string of the molecule is CCC1CCC(N(C)C(CN)CC(=O)NC)CC1. The maximum atomic E-state index is 11.5. The zero-order chi connectivity index (χ0) is 13.5. The van der Waals surface area contributed by atoms with Crippen molar-refractivity contribution in [1.29, 1.82) is 0 Å². The molecule has 18 heavy (non-hydrogen) atoms. The Morgan fingerprint density at radius 1 is 1.39 bits per heavy atom. The Balaban J connectivity index is 2.46. The third kappa shape index (κ3) is 4.25. The van der Waals surface area contributed by atoms with Crippen LogP contribution >= 0.6 is 0 Å². The normalized spacial score (nSPS) is 26.1. The zero-order valence-electron chi connectivity index (χ0n) is 12.1. The van der Waals surface area contributed by atoms with Crippen LogP contribution in [0, 0.1) is 5.92 Å². The first-order valence-corrected chi connectivity index (χ1v) is 7.24. The van der Waals surface area contributed by atoms with Gasteiger partial charge < -0.3 is 11.1 Å². The molecule has 1 aliphatic rings. The molecule has 3 N–H and O–H groups in total. The number of nitrogens with two attached hydrogens (primary N) is 1. The number of nitrogens with zero attached hydrogens (tertiary/aromatic N) is 1. The largest absolute Gasteiger partial charge is 0.359 e. The fraction of sp³-hybridized carbons (Fsp3) is 0.929. The van der Waals surface area contributed by atoms with Gasteiger partial charge >= 0.3 is 0 Å². The minimum atomic E-state index is 0.0829. The Labute approximate surface area is 111 Å². The molecule has 0 saturated heterocycles. The molecular weight excluding hydrogens is 226 g/mol. The summed E-state index contributed by atoms with van der Waals surface area (Å²) in [5.41, 5.74) is 5.82. The lowest BCUT2D eigenvalue weighted by atomic mass is 9.83. The Hall–Kier alpha value is -0.610. The number of hydrogen-bond donors (Lipinski definition) is 2. The summed E-state index contributed by atoms with van der Waals surface area (Å²) in [6, 6.07) is 0.777. The highest BCUT2D eigenvalue weighted by molar-refractivity contribution is 5.76. The van der Waals surface area contributed by atoms with Gasteiger partial charge in [-0.2, -0.15) is 0 Å². The molecule has 0 aliphatic heterocycles. The predicted octanol–water partition coefficient (Wildman–Crippen LogP) is 1.35. The van der Waals surface area contributed by atoms with Crippen molar-refractivity contribution < 1.29 is 4.79 Å². The van der Waals surface area contributed by atoms with Crippen LogP contribution in [0.4, 0.5) is 0 Å². The molecule has 106 valence electrons. The van der Waals surface area contributed by atoms with Gasteiger partial charge in [-0.25, -0.2) is 0 Å². The number of rotatable bonds is 6. The van der Waals surface area contributed by atoms with E-state index in [9.17, 15) is 4.79 Å². The smallest absolute Gasteiger partial charge is 0.221 e. The molecule has 1 unspecified atom stereocenters. The highest BCUT2D eigenvalue weighted by Gasteiger charge is 2.27. The van der Waals surface area contributed by atoms with Crippen molar-refractivity contribution in [2.45, 2.75) is 57.5 Å². The van der Waals surface area contributed by atoms with Gasteiger partial charge in [-0.3, -0.25) is 9.69 Å². The van der Waals surface area contributed by atoms with E-state index in [0.29, 0.717) is 19.0 Å². The maximum absolute atomic E-state index is 11.5. The molecule has 1 aliphatic carbocycles. The van der Waals surface area contributed by atoms with Crippen LogP contribution in [0.25, 0.3) is 0 Å². The molecule has 1 rings (SSSR count). The van der Waals surface area contributed by atoms with Gasteiger partial charge in [0.05, 0.1) is 0 Å². The van der Waals surface area contributed by atoms with Crippen LogP contribution in [0.15, 0.2) is 0 Å². The monoisotopic (exact) mass is 255 g/mol. The standard InChI is InChI=1S/C14H29N3O/c1-4-11-5-7-12(8-6-11)17(3)13(10-15)9-14(18)16-2/h11-13H,4-10,15H2,1-3H3,(H,16,18). The first-order valence-electron chi connectivity index (χ1n) is 7.24. The van der Waals surface area contributed by atoms with Crippen LogP contribution < -0.4 is 11.1 Å². The lowest BCUT2D eigenvalue weighted by Crippen LogP contribution is -2.47. The number of carbonyl (C=O) groups excluding carboxylic acids is 1. The number of hydrogen-bond acceptors (Lipinski definition) is 3. The van der Waals surface area contributed by atoms with E-state index in [0.717, 1.165) is 5.92 Å². The molecule has 1 atom stereocenters. The van der Waals surface area contributed by atoms with Crippen molar-refractivity contribution in [2.75, 3.05) is 20.6 Å². The molecule has 1 saturated carbocycles. The van der Waals surface area contributed by atoms with Crippen molar-refractivity contribution in [3.8, 4) is 0 Å². The average Bonchev–Trinajstić information content (AvgIpc) is 2.43. The summed E-state index contributed by atoms with van der Waals surface area (Å²) in [6.45, 7) is 2.83. The molecule has 0 radical (unpaired) electrons. The van der Waals surface area contributed by atoms with Gasteiger partial charge in [0.2, 0.25) is 5.91 Å². The second-order valence-corrected chi connectivity index (χ2v) is 5.52. The van der Waals surface area contributed by atoms with Crippen LogP contribution in [0.3, 0.4) is 0 Å². The van der Waals surface area contributed by atoms with Crippen molar-refractivity contribution in [1.82, 2.24) is 10.2 Å². The summed E-state index contributed by atoms with van der Waals surface area (Å²) in [4.78, 5) is 13.8. The van der Waals surface area contributed by atoms with Crippen LogP contribution in [-0.4, -0.2) is 43.5 Å². The first kappa shape index (κ1) is 15.4. The summed E-state index contributed by atoms with van der Waals surface area (Å²) in [6.07, 6.45) is 6.95. The predicted molar refractivity (Wildman–Crippen MR) is 75.3 cm³/mol. The molecular formula is C14H29N3O. The molecule has 0 spiro atoms. The van der Waals surface area contributed by atoms with Gasteiger partial charge in [-0.15, -0.1) is 0 Å². The van der Waals surface area contributed by atoms with Crippen molar-refractivity contribution in [3.63, 3.8) is 0 Å². The molecule has 0 aromatic carbocycles. The summed E-state index contributed by atoms with van der Waals surface area (Å²) in [7, 11) is 3.81. The number of amides is 1. The molecule has 0 aromatic heterocycles. The van der Waals surface area contributed by atoms with Crippen LogP contribution in [-0.2, 0) is 4.79 Å². The van der Waals surface area contributed by atoms with Crippen molar-refractivity contribution >= 4 is 5.91 Å². The van der Waals surface area contributed by atoms with Crippen molar-refractivity contribution in [3.05, 3.63) is 0 Å².